The van der Waals surface area contributed by atoms with Gasteiger partial charge in [0.15, 0.2) is 10.7 Å². The maximum Gasteiger partial charge on any atom is 0.347 e. The molecule has 10 heteroatoms. The van der Waals surface area contributed by atoms with Crippen LogP contribution in [0, 0.1) is 0 Å². The Balaban J connectivity index is 0. The minimum Gasteiger partial charge on any atom is -0.462 e. The Morgan fingerprint density at radius 2 is 1.48 bits per heavy atom. The van der Waals surface area contributed by atoms with Crippen molar-refractivity contribution in [1.29, 1.82) is 0 Å². The standard InChI is InChI=1S/C15H20N4O5S.2C2H6/c1-5-23-13(21)10(14(22)24-6-2)8-16-11-7-12(17-9(3)20)19-15(18-11)25-4;2*1-2/h7-8H,5-6H2,1-4H3,(H2,16,17,18,19,20);2*1-2H3. The van der Waals surface area contributed by atoms with E-state index < -0.39 is 11.9 Å². The zero-order chi connectivity index (χ0) is 22.8. The molecule has 0 aliphatic rings. The molecule has 2 N–H and O–H groups in total. The second-order valence-electron chi connectivity index (χ2n) is 4.45. The number of amides is 1. The Hall–Kier alpha value is -2.62. The van der Waals surface area contributed by atoms with E-state index in [1.54, 1.807) is 20.1 Å². The highest BCUT2D eigenvalue weighted by Gasteiger charge is 2.21. The van der Waals surface area contributed by atoms with Gasteiger partial charge >= 0.3 is 11.9 Å². The molecule has 1 aromatic heterocycles. The highest BCUT2D eigenvalue weighted by molar-refractivity contribution is 7.98. The van der Waals surface area contributed by atoms with Crippen LogP contribution in [0.5, 0.6) is 0 Å². The van der Waals surface area contributed by atoms with Gasteiger partial charge in [-0.25, -0.2) is 19.6 Å². The molecule has 1 amide bonds. The number of carbonyl (C=O) groups is 3. The first-order chi connectivity index (χ1) is 13.9. The number of nitrogens with zero attached hydrogens (tertiary/aromatic N) is 2. The zero-order valence-corrected chi connectivity index (χ0v) is 19.2. The van der Waals surface area contributed by atoms with E-state index in [1.807, 2.05) is 27.7 Å². The van der Waals surface area contributed by atoms with Gasteiger partial charge in [-0.15, -0.1) is 0 Å². The molecule has 1 rings (SSSR count). The maximum absolute atomic E-state index is 11.9. The van der Waals surface area contributed by atoms with Crippen LogP contribution in [0.3, 0.4) is 0 Å². The van der Waals surface area contributed by atoms with Crippen LogP contribution in [0.15, 0.2) is 23.0 Å². The summed E-state index contributed by atoms with van der Waals surface area (Å²) in [6, 6.07) is 1.46. The van der Waals surface area contributed by atoms with Crippen molar-refractivity contribution in [3.05, 3.63) is 17.8 Å². The molecule has 0 saturated carbocycles. The van der Waals surface area contributed by atoms with Gasteiger partial charge in [0.05, 0.1) is 13.2 Å². The van der Waals surface area contributed by atoms with Crippen LogP contribution < -0.4 is 10.6 Å². The monoisotopic (exact) mass is 428 g/mol. The van der Waals surface area contributed by atoms with E-state index in [0.29, 0.717) is 5.16 Å². The molecule has 1 heterocycles. The van der Waals surface area contributed by atoms with Gasteiger partial charge in [0.25, 0.3) is 0 Å². The maximum atomic E-state index is 11.9. The molecular weight excluding hydrogens is 396 g/mol. The van der Waals surface area contributed by atoms with Gasteiger partial charge < -0.3 is 20.1 Å². The first kappa shape index (κ1) is 28.6. The summed E-state index contributed by atoms with van der Waals surface area (Å²) in [4.78, 5) is 43.3. The van der Waals surface area contributed by atoms with E-state index in [4.69, 9.17) is 9.47 Å². The first-order valence-corrected chi connectivity index (χ1v) is 10.6. The van der Waals surface area contributed by atoms with Crippen molar-refractivity contribution in [2.75, 3.05) is 30.1 Å². The summed E-state index contributed by atoms with van der Waals surface area (Å²) < 4.78 is 9.68. The number of ether oxygens (including phenoxy) is 2. The number of hydrogen-bond donors (Lipinski definition) is 2. The number of rotatable bonds is 8. The fourth-order valence-corrected chi connectivity index (χ4v) is 1.98. The van der Waals surface area contributed by atoms with E-state index in [0.717, 1.165) is 6.20 Å². The third-order valence-electron chi connectivity index (χ3n) is 2.55. The molecule has 0 unspecified atom stereocenters. The summed E-state index contributed by atoms with van der Waals surface area (Å²) in [6.45, 7) is 12.8. The van der Waals surface area contributed by atoms with Gasteiger partial charge in [-0.05, 0) is 20.1 Å². The molecule has 1 aromatic rings. The Morgan fingerprint density at radius 1 is 1.00 bits per heavy atom. The van der Waals surface area contributed by atoms with Gasteiger partial charge in [-0.2, -0.15) is 0 Å². The molecule has 9 nitrogen and oxygen atoms in total. The van der Waals surface area contributed by atoms with E-state index >= 15 is 0 Å². The van der Waals surface area contributed by atoms with E-state index in [1.165, 1.54) is 24.8 Å². The van der Waals surface area contributed by atoms with Gasteiger partial charge in [-0.3, -0.25) is 4.79 Å². The molecule has 0 atom stereocenters. The number of anilines is 2. The van der Waals surface area contributed by atoms with Gasteiger partial charge in [-0.1, -0.05) is 39.5 Å². The summed E-state index contributed by atoms with van der Waals surface area (Å²) >= 11 is 1.27. The number of esters is 2. The van der Waals surface area contributed by atoms with Crippen LogP contribution in [0.25, 0.3) is 0 Å². The van der Waals surface area contributed by atoms with Crippen molar-refractivity contribution in [2.24, 2.45) is 0 Å². The van der Waals surface area contributed by atoms with E-state index in [-0.39, 0.29) is 36.3 Å². The van der Waals surface area contributed by atoms with Crippen LogP contribution in [0.2, 0.25) is 0 Å². The predicted molar refractivity (Wildman–Crippen MR) is 116 cm³/mol. The minimum atomic E-state index is -0.810. The summed E-state index contributed by atoms with van der Waals surface area (Å²) in [6.07, 6.45) is 2.93. The Morgan fingerprint density at radius 3 is 1.90 bits per heavy atom. The summed E-state index contributed by atoms with van der Waals surface area (Å²) in [7, 11) is 0. The second kappa shape index (κ2) is 17.5. The molecule has 0 aromatic carbocycles. The average Bonchev–Trinajstić information content (AvgIpc) is 2.71. The summed E-state index contributed by atoms with van der Waals surface area (Å²) in [5.41, 5.74) is -0.297. The predicted octanol–water partition coefficient (Wildman–Crippen LogP) is 3.63. The third kappa shape index (κ3) is 11.7. The van der Waals surface area contributed by atoms with Gasteiger partial charge in [0.1, 0.15) is 11.6 Å². The van der Waals surface area contributed by atoms with Crippen LogP contribution in [0.4, 0.5) is 11.6 Å². The van der Waals surface area contributed by atoms with E-state index in [9.17, 15) is 14.4 Å². The zero-order valence-electron chi connectivity index (χ0n) is 18.4. The fourth-order valence-electron chi connectivity index (χ4n) is 1.60. The average molecular weight is 429 g/mol. The largest absolute Gasteiger partial charge is 0.462 e. The molecule has 0 saturated heterocycles. The quantitative estimate of drug-likeness (QED) is 0.160. The van der Waals surface area contributed by atoms with E-state index in [2.05, 4.69) is 20.6 Å². The summed E-state index contributed by atoms with van der Waals surface area (Å²) in [5, 5.41) is 5.68. The Kier molecular flexibility index (Phi) is 17.2. The second-order valence-corrected chi connectivity index (χ2v) is 5.22. The Labute approximate surface area is 177 Å². The lowest BCUT2D eigenvalue weighted by atomic mass is 10.3. The number of thioether (sulfide) groups is 1. The van der Waals surface area contributed by atoms with Crippen LogP contribution in [0.1, 0.15) is 48.5 Å². The summed E-state index contributed by atoms with van der Waals surface area (Å²) in [5.74, 6) is -1.33. The van der Waals surface area contributed by atoms with Crippen molar-refractivity contribution in [1.82, 2.24) is 9.97 Å². The minimum absolute atomic E-state index is 0.117. The number of carbonyl (C=O) groups excluding carboxylic acids is 3. The van der Waals surface area contributed by atoms with Crippen LogP contribution >= 0.6 is 11.8 Å². The molecule has 0 aliphatic carbocycles. The van der Waals surface area contributed by atoms with Crippen molar-refractivity contribution >= 4 is 41.2 Å². The first-order valence-electron chi connectivity index (χ1n) is 9.42. The lowest BCUT2D eigenvalue weighted by molar-refractivity contribution is -0.146. The molecule has 0 aliphatic heterocycles. The van der Waals surface area contributed by atoms with Gasteiger partial charge in [0.2, 0.25) is 5.91 Å². The van der Waals surface area contributed by atoms with Gasteiger partial charge in [0, 0.05) is 19.2 Å². The molecule has 0 radical (unpaired) electrons. The molecule has 0 fully saturated rings. The number of nitrogens with one attached hydrogen (secondary N) is 2. The lowest BCUT2D eigenvalue weighted by Crippen LogP contribution is -2.19. The smallest absolute Gasteiger partial charge is 0.347 e. The molecule has 0 spiro atoms. The normalized spacial score (nSPS) is 8.83. The third-order valence-corrected chi connectivity index (χ3v) is 3.10. The van der Waals surface area contributed by atoms with Crippen molar-refractivity contribution in [3.8, 4) is 0 Å². The number of hydrogen-bond acceptors (Lipinski definition) is 9. The van der Waals surface area contributed by atoms with Crippen molar-refractivity contribution in [2.45, 2.75) is 53.6 Å². The van der Waals surface area contributed by atoms with Crippen LogP contribution in [-0.4, -0.2) is 47.3 Å². The van der Waals surface area contributed by atoms with Crippen molar-refractivity contribution < 1.29 is 23.9 Å². The SMILES string of the molecule is CC.CC.CCOC(=O)C(=CNc1cc(NC(C)=O)nc(SC)n1)C(=O)OCC. The molecular formula is C19H32N4O5S. The highest BCUT2D eigenvalue weighted by Crippen LogP contribution is 2.17. The molecule has 0 bridgehead atoms. The van der Waals surface area contributed by atoms with Crippen LogP contribution in [-0.2, 0) is 23.9 Å². The molecule has 29 heavy (non-hydrogen) atoms. The lowest BCUT2D eigenvalue weighted by Gasteiger charge is -2.09. The highest BCUT2D eigenvalue weighted by atomic mass is 32.2. The topological polar surface area (TPSA) is 120 Å². The Bertz CT molecular complexity index is 661. The molecule has 164 valence electrons. The number of aromatic nitrogens is 2. The van der Waals surface area contributed by atoms with Crippen molar-refractivity contribution in [3.63, 3.8) is 0 Å². The fraction of sp³-hybridized carbons (Fsp3) is 0.526.